The summed E-state index contributed by atoms with van der Waals surface area (Å²) in [5, 5.41) is 0. The van der Waals surface area contributed by atoms with Crippen LogP contribution in [0.2, 0.25) is 0 Å². The molecule has 0 radical (unpaired) electrons. The summed E-state index contributed by atoms with van der Waals surface area (Å²) in [4.78, 5) is 1.35. The minimum absolute atomic E-state index is 0.363. The largest absolute Gasteiger partial charge is 0.0885 e. The maximum Gasteiger partial charge on any atom is 0.00466 e. The van der Waals surface area contributed by atoms with Gasteiger partial charge in [-0.3, -0.25) is 0 Å². The molecule has 0 aromatic heterocycles. The molecule has 0 aromatic rings. The van der Waals surface area contributed by atoms with Crippen LogP contribution in [0.15, 0.2) is 0 Å². The monoisotopic (exact) mass is 168 g/mol. The molecule has 0 saturated heterocycles. The highest BCUT2D eigenvalue weighted by molar-refractivity contribution is 7.80. The zero-order chi connectivity index (χ0) is 8.28. The highest BCUT2D eigenvalue weighted by atomic mass is 32.1. The summed E-state index contributed by atoms with van der Waals surface area (Å²) in [6.45, 7) is 7.00. The summed E-state index contributed by atoms with van der Waals surface area (Å²) in [5.41, 5.74) is 0.797. The Morgan fingerprint density at radius 2 is 2.00 bits per heavy atom. The molecule has 2 saturated carbocycles. The first-order valence-corrected chi connectivity index (χ1v) is 4.92. The van der Waals surface area contributed by atoms with E-state index >= 15 is 0 Å². The lowest BCUT2D eigenvalue weighted by Gasteiger charge is -2.34. The summed E-state index contributed by atoms with van der Waals surface area (Å²) >= 11 is 5.52. The zero-order valence-corrected chi connectivity index (χ0v) is 8.42. The first-order chi connectivity index (χ1) is 4.97. The van der Waals surface area contributed by atoms with Crippen molar-refractivity contribution in [1.82, 2.24) is 0 Å². The van der Waals surface area contributed by atoms with E-state index in [1.807, 2.05) is 0 Å². The van der Waals surface area contributed by atoms with Crippen molar-refractivity contribution < 1.29 is 0 Å². The van der Waals surface area contributed by atoms with Gasteiger partial charge in [-0.25, -0.2) is 0 Å². The fourth-order valence-corrected chi connectivity index (χ4v) is 3.38. The summed E-state index contributed by atoms with van der Waals surface area (Å²) in [6.07, 6.45) is 4.11. The number of hydrogen-bond acceptors (Lipinski definition) is 1. The van der Waals surface area contributed by atoms with Gasteiger partial charge in [-0.05, 0) is 36.0 Å². The Labute approximate surface area is 74.4 Å². The van der Waals surface area contributed by atoms with Crippen LogP contribution in [0.4, 0.5) is 0 Å². The topological polar surface area (TPSA) is 0 Å². The van der Waals surface area contributed by atoms with Crippen LogP contribution < -0.4 is 0 Å². The molecule has 2 rings (SSSR count). The van der Waals surface area contributed by atoms with Crippen LogP contribution in [0, 0.1) is 16.7 Å². The fourth-order valence-electron chi connectivity index (χ4n) is 3.03. The van der Waals surface area contributed by atoms with E-state index in [0.29, 0.717) is 10.8 Å². The van der Waals surface area contributed by atoms with E-state index in [4.69, 9.17) is 12.2 Å². The number of rotatable bonds is 0. The van der Waals surface area contributed by atoms with Crippen molar-refractivity contribution in [2.24, 2.45) is 16.7 Å². The van der Waals surface area contributed by atoms with E-state index in [1.165, 1.54) is 24.1 Å². The Kier molecular flexibility index (Phi) is 1.32. The summed E-state index contributed by atoms with van der Waals surface area (Å²) in [5.74, 6) is 0.889. The predicted molar refractivity (Wildman–Crippen MR) is 51.8 cm³/mol. The Hall–Kier alpha value is 0.0900. The smallest absolute Gasteiger partial charge is 0.00466 e. The van der Waals surface area contributed by atoms with Crippen LogP contribution in [0.5, 0.6) is 0 Å². The van der Waals surface area contributed by atoms with Crippen molar-refractivity contribution in [3.63, 3.8) is 0 Å². The van der Waals surface area contributed by atoms with Crippen molar-refractivity contribution >= 4 is 17.1 Å². The highest BCUT2D eigenvalue weighted by Crippen LogP contribution is 2.60. The minimum Gasteiger partial charge on any atom is -0.0885 e. The van der Waals surface area contributed by atoms with Crippen molar-refractivity contribution in [3.8, 4) is 0 Å². The van der Waals surface area contributed by atoms with Crippen LogP contribution in [0.3, 0.4) is 0 Å². The molecule has 62 valence electrons. The molecule has 2 bridgehead atoms. The molecule has 11 heavy (non-hydrogen) atoms. The zero-order valence-electron chi connectivity index (χ0n) is 7.61. The number of thiocarbonyl (C=S) groups is 1. The SMILES string of the molecule is CC12CCC(C1)C(C)(C)C2=S. The third kappa shape index (κ3) is 0.780. The average Bonchev–Trinajstić information content (AvgIpc) is 2.36. The molecule has 0 N–H and O–H groups in total. The third-order valence-electron chi connectivity index (χ3n) is 3.90. The van der Waals surface area contributed by atoms with E-state index in [0.717, 1.165) is 5.92 Å². The molecule has 0 heterocycles. The Balaban J connectivity index is 2.42. The Morgan fingerprint density at radius 3 is 2.27 bits per heavy atom. The van der Waals surface area contributed by atoms with Gasteiger partial charge in [-0.15, -0.1) is 0 Å². The first-order valence-electron chi connectivity index (χ1n) is 4.52. The molecule has 0 spiro atoms. The van der Waals surface area contributed by atoms with Gasteiger partial charge in [-0.1, -0.05) is 33.0 Å². The van der Waals surface area contributed by atoms with Gasteiger partial charge in [0.05, 0.1) is 0 Å². The van der Waals surface area contributed by atoms with Crippen molar-refractivity contribution in [3.05, 3.63) is 0 Å². The third-order valence-corrected chi connectivity index (χ3v) is 4.91. The lowest BCUT2D eigenvalue weighted by molar-refractivity contribution is 0.337. The molecule has 2 unspecified atom stereocenters. The van der Waals surface area contributed by atoms with Gasteiger partial charge in [0.25, 0.3) is 0 Å². The Morgan fingerprint density at radius 1 is 1.36 bits per heavy atom. The summed E-state index contributed by atoms with van der Waals surface area (Å²) < 4.78 is 0. The predicted octanol–water partition coefficient (Wildman–Crippen LogP) is 3.20. The molecule has 2 atom stereocenters. The normalized spacial score (nSPS) is 46.8. The van der Waals surface area contributed by atoms with Crippen LogP contribution in [0.1, 0.15) is 40.0 Å². The number of fused-ring (bicyclic) bond motifs is 2. The quantitative estimate of drug-likeness (QED) is 0.500. The van der Waals surface area contributed by atoms with E-state index in [-0.39, 0.29) is 0 Å². The molecule has 0 aromatic carbocycles. The molecule has 0 nitrogen and oxygen atoms in total. The summed E-state index contributed by atoms with van der Waals surface area (Å²) in [6, 6.07) is 0. The van der Waals surface area contributed by atoms with Gasteiger partial charge in [-0.2, -0.15) is 0 Å². The molecule has 1 heteroatoms. The van der Waals surface area contributed by atoms with Gasteiger partial charge in [0.2, 0.25) is 0 Å². The van der Waals surface area contributed by atoms with Crippen molar-refractivity contribution in [2.75, 3.05) is 0 Å². The van der Waals surface area contributed by atoms with Gasteiger partial charge >= 0.3 is 0 Å². The van der Waals surface area contributed by atoms with E-state index in [9.17, 15) is 0 Å². The maximum absolute atomic E-state index is 5.52. The number of hydrogen-bond donors (Lipinski definition) is 0. The lowest BCUT2D eigenvalue weighted by Crippen LogP contribution is -2.33. The summed E-state index contributed by atoms with van der Waals surface area (Å²) in [7, 11) is 0. The Bertz CT molecular complexity index is 210. The molecule has 2 fully saturated rings. The van der Waals surface area contributed by atoms with E-state index in [1.54, 1.807) is 0 Å². The van der Waals surface area contributed by atoms with Crippen molar-refractivity contribution in [1.29, 1.82) is 0 Å². The molecule has 0 amide bonds. The highest BCUT2D eigenvalue weighted by Gasteiger charge is 2.55. The van der Waals surface area contributed by atoms with E-state index < -0.39 is 0 Å². The van der Waals surface area contributed by atoms with Gasteiger partial charge < -0.3 is 0 Å². The first kappa shape index (κ1) is 7.72. The molecule has 2 aliphatic carbocycles. The average molecular weight is 168 g/mol. The van der Waals surface area contributed by atoms with Crippen LogP contribution >= 0.6 is 12.2 Å². The molecule has 0 aliphatic heterocycles. The second kappa shape index (κ2) is 1.87. The van der Waals surface area contributed by atoms with Crippen LogP contribution in [-0.4, -0.2) is 4.86 Å². The molecule has 2 aliphatic rings. The lowest BCUT2D eigenvalue weighted by atomic mass is 9.73. The maximum atomic E-state index is 5.52. The van der Waals surface area contributed by atoms with Crippen LogP contribution in [0.25, 0.3) is 0 Å². The second-order valence-electron chi connectivity index (χ2n) is 5.05. The van der Waals surface area contributed by atoms with Gasteiger partial charge in [0.15, 0.2) is 0 Å². The fraction of sp³-hybridized carbons (Fsp3) is 0.900. The molecular weight excluding hydrogens is 152 g/mol. The molecular formula is C10H16S. The minimum atomic E-state index is 0.363. The van der Waals surface area contributed by atoms with Crippen LogP contribution in [-0.2, 0) is 0 Å². The second-order valence-corrected chi connectivity index (χ2v) is 5.46. The van der Waals surface area contributed by atoms with E-state index in [2.05, 4.69) is 20.8 Å². The van der Waals surface area contributed by atoms with Gasteiger partial charge in [0.1, 0.15) is 0 Å². The van der Waals surface area contributed by atoms with Gasteiger partial charge in [0, 0.05) is 4.86 Å². The standard InChI is InChI=1S/C10H16S/c1-9(2)7-4-5-10(3,6-7)8(9)11/h7H,4-6H2,1-3H3. The van der Waals surface area contributed by atoms with Crippen molar-refractivity contribution in [2.45, 2.75) is 40.0 Å².